The molecular formula is C36H33F6NO. The highest BCUT2D eigenvalue weighted by Crippen LogP contribution is 2.52. The molecule has 4 aromatic carbocycles. The molecule has 1 amide bonds. The molecule has 0 aromatic heterocycles. The van der Waals surface area contributed by atoms with Crippen LogP contribution in [-0.4, -0.2) is 5.91 Å². The third kappa shape index (κ3) is 5.29. The second-order valence-electron chi connectivity index (χ2n) is 13.3. The molecule has 44 heavy (non-hydrogen) atoms. The highest BCUT2D eigenvalue weighted by molar-refractivity contribution is 6.14. The fourth-order valence-electron chi connectivity index (χ4n) is 5.92. The number of benzene rings is 4. The van der Waals surface area contributed by atoms with Gasteiger partial charge in [0.1, 0.15) is 5.54 Å². The van der Waals surface area contributed by atoms with Crippen LogP contribution in [0.4, 0.5) is 32.0 Å². The first-order valence-corrected chi connectivity index (χ1v) is 14.2. The third-order valence-electron chi connectivity index (χ3n) is 8.25. The molecule has 0 bridgehead atoms. The van der Waals surface area contributed by atoms with Crippen LogP contribution < -0.4 is 4.90 Å². The zero-order chi connectivity index (χ0) is 32.5. The van der Waals surface area contributed by atoms with Gasteiger partial charge in [0, 0.05) is 11.3 Å². The smallest absolute Gasteiger partial charge is 0.290 e. The van der Waals surface area contributed by atoms with Gasteiger partial charge in [0.15, 0.2) is 0 Å². The van der Waals surface area contributed by atoms with E-state index < -0.39 is 40.6 Å². The quantitative estimate of drug-likeness (QED) is 0.212. The Labute approximate surface area is 253 Å². The van der Waals surface area contributed by atoms with Gasteiger partial charge < -0.3 is 0 Å². The molecule has 0 aliphatic carbocycles. The predicted molar refractivity (Wildman–Crippen MR) is 160 cm³/mol. The highest BCUT2D eigenvalue weighted by atomic mass is 19.4. The van der Waals surface area contributed by atoms with Crippen molar-refractivity contribution in [2.75, 3.05) is 4.90 Å². The molecule has 0 radical (unpaired) electrons. The minimum atomic E-state index is -5.09. The molecular weight excluding hydrogens is 576 g/mol. The number of carbonyl (C=O) groups is 1. The van der Waals surface area contributed by atoms with Gasteiger partial charge >= 0.3 is 12.4 Å². The average Bonchev–Trinajstić information content (AvgIpc) is 3.20. The zero-order valence-electron chi connectivity index (χ0n) is 25.3. The van der Waals surface area contributed by atoms with Crippen LogP contribution in [0.5, 0.6) is 0 Å². The van der Waals surface area contributed by atoms with Crippen molar-refractivity contribution in [3.8, 4) is 0 Å². The van der Waals surface area contributed by atoms with Crippen LogP contribution in [0.2, 0.25) is 0 Å². The van der Waals surface area contributed by atoms with Crippen LogP contribution in [0.3, 0.4) is 0 Å². The van der Waals surface area contributed by atoms with E-state index in [0.29, 0.717) is 28.8 Å². The molecule has 0 saturated carbocycles. The van der Waals surface area contributed by atoms with E-state index in [0.717, 1.165) is 16.0 Å². The number of amides is 1. The Bertz CT molecular complexity index is 1610. The Balaban J connectivity index is 1.91. The van der Waals surface area contributed by atoms with Gasteiger partial charge in [0.25, 0.3) is 5.91 Å². The average molecular weight is 610 g/mol. The van der Waals surface area contributed by atoms with Crippen molar-refractivity contribution in [1.82, 2.24) is 0 Å². The minimum absolute atomic E-state index is 0.0785. The van der Waals surface area contributed by atoms with Gasteiger partial charge in [0.2, 0.25) is 0 Å². The minimum Gasteiger partial charge on any atom is -0.290 e. The molecule has 1 aliphatic heterocycles. The number of nitrogens with zero attached hydrogens (tertiary/aromatic N) is 1. The summed E-state index contributed by atoms with van der Waals surface area (Å²) in [6, 6.07) is 22.7. The van der Waals surface area contributed by atoms with Crippen LogP contribution in [-0.2, 0) is 28.7 Å². The Morgan fingerprint density at radius 1 is 0.545 bits per heavy atom. The van der Waals surface area contributed by atoms with Gasteiger partial charge in [-0.3, -0.25) is 9.69 Å². The summed E-state index contributed by atoms with van der Waals surface area (Å²) in [5.41, 5.74) is -1.88. The van der Waals surface area contributed by atoms with Gasteiger partial charge in [-0.2, -0.15) is 26.3 Å². The van der Waals surface area contributed by atoms with E-state index in [1.165, 1.54) is 0 Å². The van der Waals surface area contributed by atoms with Crippen LogP contribution in [0.25, 0.3) is 0 Å². The fraction of sp³-hybridized carbons (Fsp3) is 0.306. The van der Waals surface area contributed by atoms with Crippen molar-refractivity contribution in [2.24, 2.45) is 0 Å². The molecule has 0 N–H and O–H groups in total. The summed E-state index contributed by atoms with van der Waals surface area (Å²) in [4.78, 5) is 15.4. The van der Waals surface area contributed by atoms with Crippen molar-refractivity contribution in [1.29, 1.82) is 0 Å². The van der Waals surface area contributed by atoms with Crippen molar-refractivity contribution in [3.05, 3.63) is 136 Å². The van der Waals surface area contributed by atoms with E-state index in [2.05, 4.69) is 0 Å². The van der Waals surface area contributed by atoms with Crippen molar-refractivity contribution >= 4 is 11.6 Å². The van der Waals surface area contributed by atoms with E-state index >= 15 is 0 Å². The standard InChI is InChI=1S/C36H33F6NO/c1-32(2,3)22-11-15-24(16-12-22)34(25-17-13-23(14-18-25)33(4,5)6)30-10-8-7-9-29(30)31(44)43(34)28-20-26(35(37,38)39)19-27(21-28)36(40,41)42/h7-21H,1-6H3. The summed E-state index contributed by atoms with van der Waals surface area (Å²) >= 11 is 0. The second-order valence-corrected chi connectivity index (χ2v) is 13.3. The Morgan fingerprint density at radius 2 is 0.955 bits per heavy atom. The molecule has 4 aromatic rings. The number of hydrogen-bond donors (Lipinski definition) is 0. The number of carbonyl (C=O) groups excluding carboxylic acids is 1. The summed E-state index contributed by atoms with van der Waals surface area (Å²) in [6.45, 7) is 12.2. The normalized spacial score (nSPS) is 15.5. The van der Waals surface area contributed by atoms with Crippen molar-refractivity contribution in [3.63, 3.8) is 0 Å². The summed E-state index contributed by atoms with van der Waals surface area (Å²) in [7, 11) is 0. The van der Waals surface area contributed by atoms with Crippen LogP contribution >= 0.6 is 0 Å². The number of rotatable bonds is 3. The third-order valence-corrected chi connectivity index (χ3v) is 8.25. The topological polar surface area (TPSA) is 20.3 Å². The summed E-state index contributed by atoms with van der Waals surface area (Å²) in [5.74, 6) is -0.701. The molecule has 1 heterocycles. The maximum Gasteiger partial charge on any atom is 0.416 e. The van der Waals surface area contributed by atoms with Gasteiger partial charge in [-0.25, -0.2) is 0 Å². The Kier molecular flexibility index (Phi) is 7.30. The molecule has 0 atom stereocenters. The maximum atomic E-state index is 14.3. The molecule has 5 rings (SSSR count). The lowest BCUT2D eigenvalue weighted by Crippen LogP contribution is -2.46. The van der Waals surface area contributed by atoms with E-state index in [1.54, 1.807) is 48.5 Å². The maximum absolute atomic E-state index is 14.3. The Hall–Kier alpha value is -4.07. The monoisotopic (exact) mass is 609 g/mol. The second kappa shape index (κ2) is 10.2. The molecule has 1 aliphatic rings. The van der Waals surface area contributed by atoms with Crippen LogP contribution in [0.1, 0.15) is 90.8 Å². The van der Waals surface area contributed by atoms with Gasteiger partial charge in [-0.1, -0.05) is 108 Å². The molecule has 8 heteroatoms. The van der Waals surface area contributed by atoms with Crippen LogP contribution in [0, 0.1) is 0 Å². The summed E-state index contributed by atoms with van der Waals surface area (Å²) in [6.07, 6.45) is -10.2. The van der Waals surface area contributed by atoms with E-state index in [4.69, 9.17) is 0 Å². The summed E-state index contributed by atoms with van der Waals surface area (Å²) in [5, 5.41) is 0. The first-order chi connectivity index (χ1) is 20.3. The lowest BCUT2D eigenvalue weighted by molar-refractivity contribution is -0.143. The SMILES string of the molecule is CC(C)(C)c1ccc(C2(c3ccc(C(C)(C)C)cc3)c3ccccc3C(=O)N2c2cc(C(F)(F)F)cc(C(F)(F)F)c2)cc1. The first-order valence-electron chi connectivity index (χ1n) is 14.2. The largest absolute Gasteiger partial charge is 0.416 e. The number of hydrogen-bond acceptors (Lipinski definition) is 1. The first kappa shape index (κ1) is 31.4. The molecule has 2 nitrogen and oxygen atoms in total. The lowest BCUT2D eigenvalue weighted by Gasteiger charge is -2.41. The zero-order valence-corrected chi connectivity index (χ0v) is 25.3. The van der Waals surface area contributed by atoms with E-state index in [9.17, 15) is 31.1 Å². The van der Waals surface area contributed by atoms with E-state index in [-0.39, 0.29) is 22.5 Å². The van der Waals surface area contributed by atoms with Crippen molar-refractivity contribution in [2.45, 2.75) is 70.3 Å². The molecule has 0 spiro atoms. The van der Waals surface area contributed by atoms with Gasteiger partial charge in [0.05, 0.1) is 11.1 Å². The molecule has 0 saturated heterocycles. The molecule has 0 unspecified atom stereocenters. The van der Waals surface area contributed by atoms with Crippen LogP contribution in [0.15, 0.2) is 91.0 Å². The number of anilines is 1. The molecule has 0 fully saturated rings. The number of alkyl halides is 6. The predicted octanol–water partition coefficient (Wildman–Crippen LogP) is 10.3. The summed E-state index contributed by atoms with van der Waals surface area (Å²) < 4.78 is 84.4. The lowest BCUT2D eigenvalue weighted by atomic mass is 9.74. The Morgan fingerprint density at radius 3 is 1.34 bits per heavy atom. The number of fused-ring (bicyclic) bond motifs is 1. The molecule has 230 valence electrons. The number of halogens is 6. The highest BCUT2D eigenvalue weighted by Gasteiger charge is 2.53. The van der Waals surface area contributed by atoms with Gasteiger partial charge in [-0.05, 0) is 62.9 Å². The van der Waals surface area contributed by atoms with Crippen molar-refractivity contribution < 1.29 is 31.1 Å². The van der Waals surface area contributed by atoms with E-state index in [1.807, 2.05) is 65.8 Å². The fourth-order valence-corrected chi connectivity index (χ4v) is 5.92. The van der Waals surface area contributed by atoms with Gasteiger partial charge in [-0.15, -0.1) is 0 Å².